The molecule has 2 aliphatic heterocycles. The van der Waals surface area contributed by atoms with Crippen LogP contribution in [0.3, 0.4) is 0 Å². The van der Waals surface area contributed by atoms with Crippen molar-refractivity contribution in [2.24, 2.45) is 5.92 Å². The Morgan fingerprint density at radius 1 is 1.24 bits per heavy atom. The molecule has 1 aromatic rings. The van der Waals surface area contributed by atoms with Crippen molar-refractivity contribution >= 4 is 35.8 Å². The molecular formula is C18H25Cl2N3O2. The van der Waals surface area contributed by atoms with E-state index in [1.165, 1.54) is 0 Å². The second-order valence-corrected chi connectivity index (χ2v) is 7.04. The second-order valence-electron chi connectivity index (χ2n) is 6.63. The molecule has 0 aromatic heterocycles. The maximum atomic E-state index is 12.7. The standard InChI is InChI=1S/C18H24ClN3O2.ClH/c19-15-7-2-1-6-14(15)18(24)22-10-4-5-13(12-22)11-21-17(23)16-8-3-9-20-16;/h1-2,6-7,13,16,20H,3-5,8-12H2,(H,21,23);1H. The van der Waals surface area contributed by atoms with Crippen LogP contribution in [-0.2, 0) is 4.79 Å². The molecule has 2 amide bonds. The fraction of sp³-hybridized carbons (Fsp3) is 0.556. The van der Waals surface area contributed by atoms with Gasteiger partial charge >= 0.3 is 0 Å². The summed E-state index contributed by atoms with van der Waals surface area (Å²) >= 11 is 6.14. The Kier molecular flexibility index (Phi) is 7.54. The van der Waals surface area contributed by atoms with Crippen LogP contribution in [0, 0.1) is 5.92 Å². The van der Waals surface area contributed by atoms with Crippen LogP contribution in [-0.4, -0.2) is 48.9 Å². The van der Waals surface area contributed by atoms with Gasteiger partial charge in [0.25, 0.3) is 5.91 Å². The fourth-order valence-electron chi connectivity index (χ4n) is 3.50. The first kappa shape index (κ1) is 20.0. The Labute approximate surface area is 159 Å². The molecule has 2 atom stereocenters. The van der Waals surface area contributed by atoms with Gasteiger partial charge in [0.15, 0.2) is 0 Å². The van der Waals surface area contributed by atoms with Gasteiger partial charge in [0.1, 0.15) is 0 Å². The van der Waals surface area contributed by atoms with Crippen molar-refractivity contribution in [2.45, 2.75) is 31.7 Å². The first-order chi connectivity index (χ1) is 11.6. The van der Waals surface area contributed by atoms with E-state index < -0.39 is 0 Å². The molecule has 0 spiro atoms. The van der Waals surface area contributed by atoms with E-state index in [4.69, 9.17) is 11.6 Å². The average molecular weight is 386 g/mol. The van der Waals surface area contributed by atoms with E-state index in [0.717, 1.165) is 38.8 Å². The highest BCUT2D eigenvalue weighted by Crippen LogP contribution is 2.22. The van der Waals surface area contributed by atoms with Crippen molar-refractivity contribution in [3.63, 3.8) is 0 Å². The molecule has 2 fully saturated rings. The van der Waals surface area contributed by atoms with Crippen LogP contribution in [0.1, 0.15) is 36.0 Å². The van der Waals surface area contributed by atoms with Crippen LogP contribution < -0.4 is 10.6 Å². The molecular weight excluding hydrogens is 361 g/mol. The molecule has 1 aromatic carbocycles. The Hall–Kier alpha value is -1.30. The zero-order valence-electron chi connectivity index (χ0n) is 14.2. The van der Waals surface area contributed by atoms with Gasteiger partial charge in [-0.3, -0.25) is 9.59 Å². The van der Waals surface area contributed by atoms with Crippen LogP contribution in [0.15, 0.2) is 24.3 Å². The molecule has 3 rings (SSSR count). The zero-order valence-corrected chi connectivity index (χ0v) is 15.7. The molecule has 0 radical (unpaired) electrons. The van der Waals surface area contributed by atoms with Crippen LogP contribution in [0.25, 0.3) is 0 Å². The number of likely N-dealkylation sites (tertiary alicyclic amines) is 1. The van der Waals surface area contributed by atoms with E-state index in [9.17, 15) is 9.59 Å². The SMILES string of the molecule is Cl.O=C(NCC1CCCN(C(=O)c2ccccc2Cl)C1)C1CCCN1. The van der Waals surface area contributed by atoms with Gasteiger partial charge in [0.2, 0.25) is 5.91 Å². The summed E-state index contributed by atoms with van der Waals surface area (Å²) in [6, 6.07) is 7.11. The van der Waals surface area contributed by atoms with Gasteiger partial charge in [-0.25, -0.2) is 0 Å². The predicted molar refractivity (Wildman–Crippen MR) is 101 cm³/mol. The van der Waals surface area contributed by atoms with Crippen molar-refractivity contribution in [3.05, 3.63) is 34.9 Å². The topological polar surface area (TPSA) is 61.4 Å². The molecule has 7 heteroatoms. The van der Waals surface area contributed by atoms with Gasteiger partial charge < -0.3 is 15.5 Å². The third kappa shape index (κ3) is 5.09. The van der Waals surface area contributed by atoms with Gasteiger partial charge in [-0.2, -0.15) is 0 Å². The lowest BCUT2D eigenvalue weighted by Crippen LogP contribution is -2.46. The van der Waals surface area contributed by atoms with Crippen LogP contribution in [0.2, 0.25) is 5.02 Å². The van der Waals surface area contributed by atoms with E-state index in [1.54, 1.807) is 12.1 Å². The summed E-state index contributed by atoms with van der Waals surface area (Å²) in [4.78, 5) is 26.6. The predicted octanol–water partition coefficient (Wildman–Crippen LogP) is 2.48. The Bertz CT molecular complexity index is 606. The lowest BCUT2D eigenvalue weighted by molar-refractivity contribution is -0.123. The van der Waals surface area contributed by atoms with E-state index in [2.05, 4.69) is 10.6 Å². The summed E-state index contributed by atoms with van der Waals surface area (Å²) in [6.45, 7) is 2.96. The van der Waals surface area contributed by atoms with Crippen LogP contribution >= 0.6 is 24.0 Å². The van der Waals surface area contributed by atoms with E-state index in [0.29, 0.717) is 29.6 Å². The minimum atomic E-state index is -0.0468. The quantitative estimate of drug-likeness (QED) is 0.836. The molecule has 5 nitrogen and oxygen atoms in total. The molecule has 138 valence electrons. The van der Waals surface area contributed by atoms with E-state index >= 15 is 0 Å². The smallest absolute Gasteiger partial charge is 0.255 e. The highest BCUT2D eigenvalue weighted by Gasteiger charge is 2.27. The Balaban J connectivity index is 0.00000225. The Morgan fingerprint density at radius 2 is 2.04 bits per heavy atom. The minimum absolute atomic E-state index is 0. The zero-order chi connectivity index (χ0) is 16.9. The Morgan fingerprint density at radius 3 is 2.76 bits per heavy atom. The first-order valence-corrected chi connectivity index (χ1v) is 9.08. The minimum Gasteiger partial charge on any atom is -0.354 e. The summed E-state index contributed by atoms with van der Waals surface area (Å²) in [5, 5.41) is 6.74. The van der Waals surface area contributed by atoms with Crippen molar-refractivity contribution < 1.29 is 9.59 Å². The number of halogens is 2. The van der Waals surface area contributed by atoms with Crippen molar-refractivity contribution in [3.8, 4) is 0 Å². The molecule has 2 N–H and O–H groups in total. The van der Waals surface area contributed by atoms with E-state index in [1.807, 2.05) is 17.0 Å². The second kappa shape index (κ2) is 9.41. The number of nitrogens with one attached hydrogen (secondary N) is 2. The highest BCUT2D eigenvalue weighted by atomic mass is 35.5. The summed E-state index contributed by atoms with van der Waals surface area (Å²) in [7, 11) is 0. The van der Waals surface area contributed by atoms with Crippen molar-refractivity contribution in [2.75, 3.05) is 26.2 Å². The number of benzene rings is 1. The van der Waals surface area contributed by atoms with Crippen molar-refractivity contribution in [1.82, 2.24) is 15.5 Å². The molecule has 0 saturated carbocycles. The fourth-order valence-corrected chi connectivity index (χ4v) is 3.71. The molecule has 2 aliphatic rings. The van der Waals surface area contributed by atoms with Crippen LogP contribution in [0.5, 0.6) is 0 Å². The monoisotopic (exact) mass is 385 g/mol. The van der Waals surface area contributed by atoms with Crippen molar-refractivity contribution in [1.29, 1.82) is 0 Å². The largest absolute Gasteiger partial charge is 0.354 e. The summed E-state index contributed by atoms with van der Waals surface area (Å²) in [6.07, 6.45) is 3.96. The van der Waals surface area contributed by atoms with Gasteiger partial charge in [-0.05, 0) is 50.3 Å². The lowest BCUT2D eigenvalue weighted by Gasteiger charge is -2.33. The summed E-state index contributed by atoms with van der Waals surface area (Å²) in [5.74, 6) is 0.367. The number of piperidine rings is 1. The van der Waals surface area contributed by atoms with Gasteiger partial charge in [0, 0.05) is 19.6 Å². The third-order valence-electron chi connectivity index (χ3n) is 4.85. The number of hydrogen-bond acceptors (Lipinski definition) is 3. The lowest BCUT2D eigenvalue weighted by atomic mass is 9.97. The summed E-state index contributed by atoms with van der Waals surface area (Å²) < 4.78 is 0. The first-order valence-electron chi connectivity index (χ1n) is 8.70. The number of carbonyl (C=O) groups excluding carboxylic acids is 2. The molecule has 2 unspecified atom stereocenters. The maximum Gasteiger partial charge on any atom is 0.255 e. The van der Waals surface area contributed by atoms with E-state index in [-0.39, 0.29) is 30.3 Å². The van der Waals surface area contributed by atoms with Gasteiger partial charge in [-0.15, -0.1) is 12.4 Å². The third-order valence-corrected chi connectivity index (χ3v) is 5.18. The number of carbonyl (C=O) groups is 2. The summed E-state index contributed by atoms with van der Waals surface area (Å²) in [5.41, 5.74) is 0.555. The van der Waals surface area contributed by atoms with Gasteiger partial charge in [0.05, 0.1) is 16.6 Å². The number of nitrogens with zero attached hydrogens (tertiary/aromatic N) is 1. The number of rotatable bonds is 4. The number of amides is 2. The molecule has 2 heterocycles. The molecule has 0 bridgehead atoms. The highest BCUT2D eigenvalue weighted by molar-refractivity contribution is 6.33. The molecule has 0 aliphatic carbocycles. The average Bonchev–Trinajstić information content (AvgIpc) is 3.14. The van der Waals surface area contributed by atoms with Gasteiger partial charge in [-0.1, -0.05) is 23.7 Å². The normalized spacial score (nSPS) is 23.0. The number of hydrogen-bond donors (Lipinski definition) is 2. The molecule has 25 heavy (non-hydrogen) atoms. The maximum absolute atomic E-state index is 12.7. The molecule has 2 saturated heterocycles. The van der Waals surface area contributed by atoms with Crippen LogP contribution in [0.4, 0.5) is 0 Å².